The van der Waals surface area contributed by atoms with Crippen molar-refractivity contribution < 1.29 is 14.3 Å². The first-order valence-electron chi connectivity index (χ1n) is 9.22. The molecule has 1 aliphatic rings. The third-order valence-electron chi connectivity index (χ3n) is 4.45. The SMILES string of the molecule is O=C(NCCCc1ccc(N2CCOCC2)cc1)C(=O)NCc1cccs1. The molecule has 3 rings (SSSR count). The summed E-state index contributed by atoms with van der Waals surface area (Å²) in [4.78, 5) is 26.9. The van der Waals surface area contributed by atoms with E-state index in [9.17, 15) is 9.59 Å². The molecule has 1 saturated heterocycles. The number of thiophene rings is 1. The van der Waals surface area contributed by atoms with E-state index in [4.69, 9.17) is 4.74 Å². The van der Waals surface area contributed by atoms with Gasteiger partial charge in [0, 0.05) is 30.2 Å². The maximum atomic E-state index is 11.8. The Morgan fingerprint density at radius 1 is 1.04 bits per heavy atom. The maximum Gasteiger partial charge on any atom is 0.309 e. The predicted octanol–water partition coefficient (Wildman–Crippen LogP) is 1.95. The van der Waals surface area contributed by atoms with Crippen LogP contribution in [-0.2, 0) is 27.3 Å². The predicted molar refractivity (Wildman–Crippen MR) is 107 cm³/mol. The Morgan fingerprint density at radius 3 is 2.48 bits per heavy atom. The summed E-state index contributed by atoms with van der Waals surface area (Å²) >= 11 is 1.55. The molecule has 0 aliphatic carbocycles. The van der Waals surface area contributed by atoms with Gasteiger partial charge in [-0.05, 0) is 42.0 Å². The lowest BCUT2D eigenvalue weighted by Crippen LogP contribution is -2.39. The molecular formula is C20H25N3O3S. The molecule has 27 heavy (non-hydrogen) atoms. The van der Waals surface area contributed by atoms with Crippen LogP contribution in [0.25, 0.3) is 0 Å². The zero-order chi connectivity index (χ0) is 18.9. The van der Waals surface area contributed by atoms with Crippen molar-refractivity contribution in [2.24, 2.45) is 0 Å². The Balaban J connectivity index is 1.33. The molecule has 0 spiro atoms. The minimum atomic E-state index is -0.585. The van der Waals surface area contributed by atoms with Crippen molar-refractivity contribution in [2.75, 3.05) is 37.7 Å². The second-order valence-corrected chi connectivity index (χ2v) is 7.42. The van der Waals surface area contributed by atoms with Gasteiger partial charge in [0.2, 0.25) is 0 Å². The van der Waals surface area contributed by atoms with Crippen molar-refractivity contribution in [3.05, 3.63) is 52.2 Å². The van der Waals surface area contributed by atoms with Gasteiger partial charge in [0.25, 0.3) is 0 Å². The zero-order valence-corrected chi connectivity index (χ0v) is 16.1. The summed E-state index contributed by atoms with van der Waals surface area (Å²) < 4.78 is 5.38. The summed E-state index contributed by atoms with van der Waals surface area (Å²) in [6.45, 7) is 4.29. The number of carbonyl (C=O) groups excluding carboxylic acids is 2. The molecule has 2 amide bonds. The van der Waals surface area contributed by atoms with E-state index in [1.165, 1.54) is 11.3 Å². The monoisotopic (exact) mass is 387 g/mol. The summed E-state index contributed by atoms with van der Waals surface area (Å²) in [5.41, 5.74) is 2.45. The summed E-state index contributed by atoms with van der Waals surface area (Å²) in [5, 5.41) is 7.24. The summed E-state index contributed by atoms with van der Waals surface area (Å²) in [7, 11) is 0. The van der Waals surface area contributed by atoms with Crippen LogP contribution in [0, 0.1) is 0 Å². The average Bonchev–Trinajstić information content (AvgIpc) is 3.24. The van der Waals surface area contributed by atoms with Crippen molar-refractivity contribution in [1.82, 2.24) is 10.6 Å². The topological polar surface area (TPSA) is 70.7 Å². The first-order valence-corrected chi connectivity index (χ1v) is 10.1. The summed E-state index contributed by atoms with van der Waals surface area (Å²) in [5.74, 6) is -1.16. The van der Waals surface area contributed by atoms with Gasteiger partial charge in [-0.15, -0.1) is 11.3 Å². The Labute approximate surface area is 163 Å². The molecule has 0 saturated carbocycles. The fourth-order valence-electron chi connectivity index (χ4n) is 2.93. The number of hydrogen-bond acceptors (Lipinski definition) is 5. The van der Waals surface area contributed by atoms with Crippen LogP contribution in [0.4, 0.5) is 5.69 Å². The van der Waals surface area contributed by atoms with Gasteiger partial charge in [-0.3, -0.25) is 9.59 Å². The molecule has 1 aromatic carbocycles. The number of carbonyl (C=O) groups is 2. The van der Waals surface area contributed by atoms with Gasteiger partial charge >= 0.3 is 11.8 Å². The maximum absolute atomic E-state index is 11.8. The first-order chi connectivity index (χ1) is 13.2. The second kappa shape index (κ2) is 10.1. The molecule has 2 heterocycles. The molecule has 0 atom stereocenters. The highest BCUT2D eigenvalue weighted by molar-refractivity contribution is 7.09. The highest BCUT2D eigenvalue weighted by Crippen LogP contribution is 2.17. The Kier molecular flexibility index (Phi) is 7.24. The normalized spacial score (nSPS) is 14.0. The van der Waals surface area contributed by atoms with Crippen molar-refractivity contribution in [2.45, 2.75) is 19.4 Å². The van der Waals surface area contributed by atoms with Crippen molar-refractivity contribution in [3.8, 4) is 0 Å². The standard InChI is InChI=1S/C20H25N3O3S/c24-19(20(25)22-15-18-4-2-14-27-18)21-9-1-3-16-5-7-17(8-6-16)23-10-12-26-13-11-23/h2,4-8,14H,1,3,9-13,15H2,(H,21,24)(H,22,25). The van der Waals surface area contributed by atoms with Gasteiger partial charge in [-0.1, -0.05) is 18.2 Å². The van der Waals surface area contributed by atoms with Gasteiger partial charge in [0.05, 0.1) is 19.8 Å². The molecule has 1 aromatic heterocycles. The second-order valence-electron chi connectivity index (χ2n) is 6.39. The van der Waals surface area contributed by atoms with Crippen molar-refractivity contribution in [3.63, 3.8) is 0 Å². The summed E-state index contributed by atoms with van der Waals surface area (Å²) in [6, 6.07) is 12.4. The molecule has 2 N–H and O–H groups in total. The van der Waals surface area contributed by atoms with Crippen LogP contribution >= 0.6 is 11.3 Å². The molecule has 1 aliphatic heterocycles. The van der Waals surface area contributed by atoms with Crippen LogP contribution in [0.2, 0.25) is 0 Å². The molecule has 144 valence electrons. The lowest BCUT2D eigenvalue weighted by Gasteiger charge is -2.28. The van der Waals surface area contributed by atoms with Crippen LogP contribution in [0.5, 0.6) is 0 Å². The highest BCUT2D eigenvalue weighted by Gasteiger charge is 2.13. The highest BCUT2D eigenvalue weighted by atomic mass is 32.1. The van der Waals surface area contributed by atoms with Gasteiger partial charge in [-0.25, -0.2) is 0 Å². The van der Waals surface area contributed by atoms with Crippen LogP contribution in [0.3, 0.4) is 0 Å². The van der Waals surface area contributed by atoms with E-state index < -0.39 is 11.8 Å². The number of hydrogen-bond donors (Lipinski definition) is 2. The Hall–Kier alpha value is -2.38. The van der Waals surface area contributed by atoms with Crippen LogP contribution < -0.4 is 15.5 Å². The lowest BCUT2D eigenvalue weighted by atomic mass is 10.1. The number of rotatable bonds is 7. The van der Waals surface area contributed by atoms with E-state index in [1.54, 1.807) is 11.3 Å². The molecule has 7 heteroatoms. The van der Waals surface area contributed by atoms with Crippen molar-refractivity contribution >= 4 is 28.8 Å². The largest absolute Gasteiger partial charge is 0.378 e. The lowest BCUT2D eigenvalue weighted by molar-refractivity contribution is -0.139. The van der Waals surface area contributed by atoms with Crippen LogP contribution in [-0.4, -0.2) is 44.7 Å². The number of nitrogens with one attached hydrogen (secondary N) is 2. The van der Waals surface area contributed by atoms with Gasteiger partial charge in [-0.2, -0.15) is 0 Å². The number of anilines is 1. The first kappa shape index (κ1) is 19.4. The quantitative estimate of drug-likeness (QED) is 0.563. The smallest absolute Gasteiger partial charge is 0.309 e. The number of ether oxygens (including phenoxy) is 1. The number of aryl methyl sites for hydroxylation is 1. The van der Waals surface area contributed by atoms with E-state index in [1.807, 2.05) is 17.5 Å². The molecule has 6 nitrogen and oxygen atoms in total. The molecule has 2 aromatic rings. The molecule has 0 unspecified atom stereocenters. The van der Waals surface area contributed by atoms with Gasteiger partial charge in [0.1, 0.15) is 0 Å². The van der Waals surface area contributed by atoms with Gasteiger partial charge in [0.15, 0.2) is 0 Å². The van der Waals surface area contributed by atoms with Crippen LogP contribution in [0.1, 0.15) is 16.9 Å². The number of morpholine rings is 1. The van der Waals surface area contributed by atoms with E-state index in [-0.39, 0.29) is 0 Å². The van der Waals surface area contributed by atoms with E-state index >= 15 is 0 Å². The molecule has 0 bridgehead atoms. The number of nitrogens with zero attached hydrogens (tertiary/aromatic N) is 1. The minimum Gasteiger partial charge on any atom is -0.378 e. The molecule has 1 fully saturated rings. The van der Waals surface area contributed by atoms with Gasteiger partial charge < -0.3 is 20.3 Å². The minimum absolute atomic E-state index is 0.388. The third kappa shape index (κ3) is 6.08. The Morgan fingerprint density at radius 2 is 1.78 bits per heavy atom. The fourth-order valence-corrected chi connectivity index (χ4v) is 3.58. The van der Waals surface area contributed by atoms with E-state index in [2.05, 4.69) is 39.8 Å². The Bertz CT molecular complexity index is 725. The van der Waals surface area contributed by atoms with E-state index in [0.29, 0.717) is 13.1 Å². The van der Waals surface area contributed by atoms with E-state index in [0.717, 1.165) is 44.0 Å². The fraction of sp³-hybridized carbons (Fsp3) is 0.400. The summed E-state index contributed by atoms with van der Waals surface area (Å²) in [6.07, 6.45) is 1.65. The third-order valence-corrected chi connectivity index (χ3v) is 5.33. The zero-order valence-electron chi connectivity index (χ0n) is 15.3. The average molecular weight is 388 g/mol. The molecular weight excluding hydrogens is 362 g/mol. The van der Waals surface area contributed by atoms with Crippen LogP contribution in [0.15, 0.2) is 41.8 Å². The van der Waals surface area contributed by atoms with Crippen molar-refractivity contribution in [1.29, 1.82) is 0 Å². The molecule has 0 radical (unpaired) electrons. The number of benzene rings is 1. The number of amides is 2.